The Morgan fingerprint density at radius 3 is 2.40 bits per heavy atom. The van der Waals surface area contributed by atoms with E-state index in [2.05, 4.69) is 5.10 Å². The van der Waals surface area contributed by atoms with E-state index in [0.717, 1.165) is 19.3 Å². The number of likely N-dealkylation sites (tertiary alicyclic amines) is 1. The maximum absolute atomic E-state index is 13.1. The molecular weight excluding hydrogens is 321 g/mol. The van der Waals surface area contributed by atoms with Crippen molar-refractivity contribution in [3.63, 3.8) is 0 Å². The van der Waals surface area contributed by atoms with Gasteiger partial charge in [0.1, 0.15) is 12.4 Å². The summed E-state index contributed by atoms with van der Waals surface area (Å²) >= 11 is 0. The number of carbonyl (C=O) groups is 1. The number of benzene rings is 1. The molecule has 1 amide bonds. The highest BCUT2D eigenvalue weighted by Gasteiger charge is 2.29. The summed E-state index contributed by atoms with van der Waals surface area (Å²) in [6, 6.07) is 9.21. The number of amides is 1. The highest BCUT2D eigenvalue weighted by Crippen LogP contribution is 2.23. The van der Waals surface area contributed by atoms with Crippen LogP contribution in [0.4, 0.5) is 4.39 Å². The molecule has 0 aliphatic carbocycles. The van der Waals surface area contributed by atoms with Crippen molar-refractivity contribution in [1.29, 1.82) is 0 Å². The third-order valence-electron chi connectivity index (χ3n) is 4.77. The monoisotopic (exact) mass is 343 g/mol. The summed E-state index contributed by atoms with van der Waals surface area (Å²) in [7, 11) is 0. The Bertz CT molecular complexity index is 806. The maximum atomic E-state index is 13.1. The van der Waals surface area contributed by atoms with E-state index in [1.165, 1.54) is 22.9 Å². The van der Waals surface area contributed by atoms with Gasteiger partial charge in [-0.15, -0.1) is 0 Å². The minimum atomic E-state index is -0.333. The Morgan fingerprint density at radius 1 is 1.12 bits per heavy atom. The van der Waals surface area contributed by atoms with Crippen LogP contribution in [-0.4, -0.2) is 32.7 Å². The first-order valence-corrected chi connectivity index (χ1v) is 8.61. The highest BCUT2D eigenvalue weighted by molar-refractivity contribution is 5.76. The van der Waals surface area contributed by atoms with Gasteiger partial charge in [0.15, 0.2) is 0 Å². The maximum Gasteiger partial charge on any atom is 0.267 e. The molecule has 132 valence electrons. The summed E-state index contributed by atoms with van der Waals surface area (Å²) in [5, 5.41) is 4.29. The average Bonchev–Trinajstić information content (AvgIpc) is 2.57. The minimum absolute atomic E-state index is 0.0808. The van der Waals surface area contributed by atoms with Gasteiger partial charge in [0, 0.05) is 23.7 Å². The van der Waals surface area contributed by atoms with Gasteiger partial charge in [-0.1, -0.05) is 0 Å². The zero-order valence-corrected chi connectivity index (χ0v) is 14.5. The Morgan fingerprint density at radius 2 is 1.76 bits per heavy atom. The quantitative estimate of drug-likeness (QED) is 0.861. The number of carbonyl (C=O) groups excluding carboxylic acids is 1. The summed E-state index contributed by atoms with van der Waals surface area (Å²) in [4.78, 5) is 26.7. The molecule has 1 saturated heterocycles. The second-order valence-electron chi connectivity index (χ2n) is 6.65. The highest BCUT2D eigenvalue weighted by atomic mass is 19.1. The van der Waals surface area contributed by atoms with Gasteiger partial charge >= 0.3 is 0 Å². The second kappa shape index (κ2) is 7.17. The van der Waals surface area contributed by atoms with Crippen LogP contribution in [0, 0.1) is 5.82 Å². The lowest BCUT2D eigenvalue weighted by Gasteiger charge is -2.39. The fraction of sp³-hybridized carbons (Fsp3) is 0.421. The molecule has 1 aliphatic rings. The van der Waals surface area contributed by atoms with E-state index in [1.54, 1.807) is 18.2 Å². The van der Waals surface area contributed by atoms with Crippen LogP contribution in [0.1, 0.15) is 33.1 Å². The number of aromatic nitrogens is 2. The molecule has 2 atom stereocenters. The number of halogens is 1. The fourth-order valence-electron chi connectivity index (χ4n) is 3.46. The van der Waals surface area contributed by atoms with Crippen molar-refractivity contribution < 1.29 is 9.18 Å². The van der Waals surface area contributed by atoms with E-state index < -0.39 is 0 Å². The van der Waals surface area contributed by atoms with Crippen LogP contribution in [0.3, 0.4) is 0 Å². The van der Waals surface area contributed by atoms with Gasteiger partial charge in [-0.25, -0.2) is 9.07 Å². The largest absolute Gasteiger partial charge is 0.336 e. The van der Waals surface area contributed by atoms with Crippen molar-refractivity contribution >= 4 is 5.91 Å². The molecule has 0 bridgehead atoms. The Labute approximate surface area is 146 Å². The van der Waals surface area contributed by atoms with Crippen molar-refractivity contribution in [1.82, 2.24) is 14.7 Å². The Balaban J connectivity index is 1.84. The molecule has 0 unspecified atom stereocenters. The van der Waals surface area contributed by atoms with Crippen molar-refractivity contribution in [2.45, 2.75) is 51.7 Å². The van der Waals surface area contributed by atoms with Gasteiger partial charge in [-0.2, -0.15) is 5.10 Å². The molecule has 25 heavy (non-hydrogen) atoms. The number of nitrogens with zero attached hydrogens (tertiary/aromatic N) is 3. The van der Waals surface area contributed by atoms with E-state index in [-0.39, 0.29) is 35.9 Å². The third-order valence-corrected chi connectivity index (χ3v) is 4.77. The first kappa shape index (κ1) is 17.3. The van der Waals surface area contributed by atoms with E-state index in [0.29, 0.717) is 11.3 Å². The van der Waals surface area contributed by atoms with E-state index in [1.807, 2.05) is 18.7 Å². The fourth-order valence-corrected chi connectivity index (χ4v) is 3.46. The van der Waals surface area contributed by atoms with E-state index in [4.69, 9.17) is 0 Å². The van der Waals surface area contributed by atoms with Crippen LogP contribution in [0.2, 0.25) is 0 Å². The van der Waals surface area contributed by atoms with Gasteiger partial charge in [0.25, 0.3) is 5.56 Å². The normalized spacial score (nSPS) is 20.5. The molecule has 2 heterocycles. The molecule has 0 radical (unpaired) electrons. The number of piperidine rings is 1. The Hall–Kier alpha value is -2.50. The van der Waals surface area contributed by atoms with E-state index >= 15 is 0 Å². The lowest BCUT2D eigenvalue weighted by atomic mass is 9.97. The summed E-state index contributed by atoms with van der Waals surface area (Å²) in [6.07, 6.45) is 3.08. The van der Waals surface area contributed by atoms with Crippen molar-refractivity contribution in [2.75, 3.05) is 0 Å². The van der Waals surface area contributed by atoms with Gasteiger partial charge in [-0.05, 0) is 63.4 Å². The predicted octanol–water partition coefficient (Wildman–Crippen LogP) is 2.84. The summed E-state index contributed by atoms with van der Waals surface area (Å²) < 4.78 is 14.3. The Kier molecular flexibility index (Phi) is 4.97. The van der Waals surface area contributed by atoms with Crippen molar-refractivity contribution in [2.24, 2.45) is 0 Å². The van der Waals surface area contributed by atoms with Gasteiger partial charge in [0.05, 0.1) is 5.69 Å². The lowest BCUT2D eigenvalue weighted by molar-refractivity contribution is -0.138. The molecule has 1 fully saturated rings. The predicted molar refractivity (Wildman–Crippen MR) is 93.5 cm³/mol. The molecular formula is C19H22FN3O2. The SMILES string of the molecule is C[C@@H]1CCC[C@@H](C)N1C(=O)Cn1nc(-c2ccc(F)cc2)ccc1=O. The van der Waals surface area contributed by atoms with Crippen LogP contribution in [0.5, 0.6) is 0 Å². The molecule has 3 rings (SSSR count). The topological polar surface area (TPSA) is 55.2 Å². The second-order valence-corrected chi connectivity index (χ2v) is 6.65. The summed E-state index contributed by atoms with van der Waals surface area (Å²) in [5.74, 6) is -0.425. The lowest BCUT2D eigenvalue weighted by Crippen LogP contribution is -2.49. The minimum Gasteiger partial charge on any atom is -0.336 e. The van der Waals surface area contributed by atoms with Crippen LogP contribution >= 0.6 is 0 Å². The average molecular weight is 343 g/mol. The zero-order valence-electron chi connectivity index (χ0n) is 14.5. The molecule has 5 nitrogen and oxygen atoms in total. The summed E-state index contributed by atoms with van der Waals surface area (Å²) in [6.45, 7) is 4.00. The molecule has 0 spiro atoms. The number of hydrogen-bond donors (Lipinski definition) is 0. The van der Waals surface area contributed by atoms with Crippen molar-refractivity contribution in [3.05, 3.63) is 52.6 Å². The van der Waals surface area contributed by atoms with Crippen LogP contribution in [-0.2, 0) is 11.3 Å². The number of rotatable bonds is 3. The zero-order chi connectivity index (χ0) is 18.0. The molecule has 0 N–H and O–H groups in total. The van der Waals surface area contributed by atoms with Crippen molar-refractivity contribution in [3.8, 4) is 11.3 Å². The van der Waals surface area contributed by atoms with Crippen LogP contribution in [0.25, 0.3) is 11.3 Å². The summed E-state index contributed by atoms with van der Waals surface area (Å²) in [5.41, 5.74) is 0.908. The van der Waals surface area contributed by atoms with Crippen LogP contribution < -0.4 is 5.56 Å². The third kappa shape index (κ3) is 3.78. The first-order valence-electron chi connectivity index (χ1n) is 8.61. The van der Waals surface area contributed by atoms with E-state index in [9.17, 15) is 14.0 Å². The molecule has 1 aromatic carbocycles. The molecule has 1 aromatic heterocycles. The van der Waals surface area contributed by atoms with Gasteiger partial charge in [-0.3, -0.25) is 9.59 Å². The molecule has 2 aromatic rings. The smallest absolute Gasteiger partial charge is 0.267 e. The number of hydrogen-bond acceptors (Lipinski definition) is 3. The molecule has 0 saturated carbocycles. The standard InChI is InChI=1S/C19H22FN3O2/c1-13-4-3-5-14(2)23(13)19(25)12-22-18(24)11-10-17(21-22)15-6-8-16(20)9-7-15/h6-11,13-14H,3-5,12H2,1-2H3/t13-,14-/m1/s1. The van der Waals surface area contributed by atoms with Gasteiger partial charge in [0.2, 0.25) is 5.91 Å². The first-order chi connectivity index (χ1) is 12.0. The van der Waals surface area contributed by atoms with Crippen LogP contribution in [0.15, 0.2) is 41.2 Å². The van der Waals surface area contributed by atoms with Gasteiger partial charge < -0.3 is 4.90 Å². The molecule has 1 aliphatic heterocycles. The molecule has 6 heteroatoms.